The van der Waals surface area contributed by atoms with Gasteiger partial charge < -0.3 is 4.74 Å². The largest absolute Gasteiger partial charge is 0.377 e. The highest BCUT2D eigenvalue weighted by Crippen LogP contribution is 2.27. The second kappa shape index (κ2) is 4.38. The van der Waals surface area contributed by atoms with Crippen LogP contribution in [-0.2, 0) is 4.74 Å². The first-order valence-electron chi connectivity index (χ1n) is 5.13. The van der Waals surface area contributed by atoms with E-state index in [0.717, 1.165) is 13.0 Å². The quantitative estimate of drug-likeness (QED) is 0.617. The standard InChI is InChI=1S/C10H20FNO/c1-4-10(11)8-13-7-5-6-12(10)9(2)3/h9H,4-8H2,1-3H3. The summed E-state index contributed by atoms with van der Waals surface area (Å²) < 4.78 is 19.5. The Morgan fingerprint density at radius 3 is 2.77 bits per heavy atom. The van der Waals surface area contributed by atoms with E-state index in [1.165, 1.54) is 0 Å². The maximum absolute atomic E-state index is 14.3. The molecule has 13 heavy (non-hydrogen) atoms. The minimum atomic E-state index is -1.25. The summed E-state index contributed by atoms with van der Waals surface area (Å²) in [5.74, 6) is -1.25. The van der Waals surface area contributed by atoms with E-state index in [1.54, 1.807) is 0 Å². The zero-order chi connectivity index (χ0) is 9.90. The topological polar surface area (TPSA) is 12.5 Å². The van der Waals surface area contributed by atoms with Crippen LogP contribution in [0.25, 0.3) is 0 Å². The van der Waals surface area contributed by atoms with Gasteiger partial charge in [-0.05, 0) is 26.7 Å². The molecular formula is C10H20FNO. The Labute approximate surface area is 80.1 Å². The van der Waals surface area contributed by atoms with Gasteiger partial charge in [-0.15, -0.1) is 0 Å². The van der Waals surface area contributed by atoms with Gasteiger partial charge in [0.15, 0.2) is 5.79 Å². The first-order valence-corrected chi connectivity index (χ1v) is 5.13. The molecule has 78 valence electrons. The van der Waals surface area contributed by atoms with Gasteiger partial charge in [-0.25, -0.2) is 4.39 Å². The number of hydrogen-bond donors (Lipinski definition) is 0. The van der Waals surface area contributed by atoms with Crippen molar-refractivity contribution in [2.45, 2.75) is 45.4 Å². The minimum absolute atomic E-state index is 0.224. The third kappa shape index (κ3) is 2.41. The Morgan fingerprint density at radius 1 is 1.54 bits per heavy atom. The Kier molecular flexibility index (Phi) is 3.68. The summed E-state index contributed by atoms with van der Waals surface area (Å²) in [5.41, 5.74) is 0. The molecule has 0 saturated carbocycles. The highest BCUT2D eigenvalue weighted by Gasteiger charge is 2.38. The van der Waals surface area contributed by atoms with Gasteiger partial charge in [-0.1, -0.05) is 6.92 Å². The van der Waals surface area contributed by atoms with Crippen LogP contribution in [0, 0.1) is 0 Å². The van der Waals surface area contributed by atoms with Crippen molar-refractivity contribution >= 4 is 0 Å². The predicted octanol–water partition coefficient (Wildman–Crippen LogP) is 2.19. The molecule has 1 rings (SSSR count). The molecule has 0 aliphatic carbocycles. The van der Waals surface area contributed by atoms with Gasteiger partial charge in [-0.3, -0.25) is 4.90 Å². The fourth-order valence-corrected chi connectivity index (χ4v) is 1.87. The predicted molar refractivity (Wildman–Crippen MR) is 51.4 cm³/mol. The second-order valence-corrected chi connectivity index (χ2v) is 3.96. The molecule has 1 aliphatic heterocycles. The van der Waals surface area contributed by atoms with E-state index in [1.807, 2.05) is 25.7 Å². The zero-order valence-electron chi connectivity index (χ0n) is 8.85. The number of hydrogen-bond acceptors (Lipinski definition) is 2. The third-order valence-corrected chi connectivity index (χ3v) is 2.69. The van der Waals surface area contributed by atoms with Crippen LogP contribution in [-0.4, -0.2) is 36.5 Å². The SMILES string of the molecule is CCC1(F)COCCCN1C(C)C. The zero-order valence-corrected chi connectivity index (χ0v) is 8.85. The highest BCUT2D eigenvalue weighted by molar-refractivity contribution is 4.83. The van der Waals surface area contributed by atoms with Crippen molar-refractivity contribution in [1.82, 2.24) is 4.90 Å². The molecule has 0 aromatic heterocycles. The fraction of sp³-hybridized carbons (Fsp3) is 1.00. The summed E-state index contributed by atoms with van der Waals surface area (Å²) in [5, 5.41) is 0. The van der Waals surface area contributed by atoms with Crippen LogP contribution in [0.1, 0.15) is 33.6 Å². The molecule has 1 fully saturated rings. The lowest BCUT2D eigenvalue weighted by atomic mass is 10.1. The van der Waals surface area contributed by atoms with E-state index >= 15 is 0 Å². The Balaban J connectivity index is 2.72. The maximum atomic E-state index is 14.3. The van der Waals surface area contributed by atoms with Gasteiger partial charge in [0.2, 0.25) is 0 Å². The number of halogens is 1. The van der Waals surface area contributed by atoms with Gasteiger partial charge in [-0.2, -0.15) is 0 Å². The summed E-state index contributed by atoms with van der Waals surface area (Å²) in [6.45, 7) is 7.67. The highest BCUT2D eigenvalue weighted by atomic mass is 19.1. The van der Waals surface area contributed by atoms with Crippen LogP contribution in [0.2, 0.25) is 0 Å². The van der Waals surface area contributed by atoms with E-state index in [0.29, 0.717) is 13.0 Å². The molecule has 0 amide bonds. The van der Waals surface area contributed by atoms with Crippen LogP contribution < -0.4 is 0 Å². The maximum Gasteiger partial charge on any atom is 0.187 e. The molecule has 1 heterocycles. The first-order chi connectivity index (χ1) is 6.10. The molecule has 3 heteroatoms. The Hall–Kier alpha value is -0.150. The molecule has 0 N–H and O–H groups in total. The number of ether oxygens (including phenoxy) is 1. The van der Waals surface area contributed by atoms with Crippen LogP contribution >= 0.6 is 0 Å². The van der Waals surface area contributed by atoms with Crippen molar-refractivity contribution in [2.75, 3.05) is 19.8 Å². The van der Waals surface area contributed by atoms with E-state index in [2.05, 4.69) is 0 Å². The molecule has 1 aliphatic rings. The lowest BCUT2D eigenvalue weighted by molar-refractivity contribution is -0.0890. The van der Waals surface area contributed by atoms with Gasteiger partial charge >= 0.3 is 0 Å². The average Bonchev–Trinajstić information content (AvgIpc) is 2.27. The Morgan fingerprint density at radius 2 is 2.23 bits per heavy atom. The van der Waals surface area contributed by atoms with E-state index in [9.17, 15) is 4.39 Å². The monoisotopic (exact) mass is 189 g/mol. The van der Waals surface area contributed by atoms with Gasteiger partial charge in [0.25, 0.3) is 0 Å². The molecule has 1 saturated heterocycles. The lowest BCUT2D eigenvalue weighted by Gasteiger charge is -2.37. The molecule has 0 bridgehead atoms. The second-order valence-electron chi connectivity index (χ2n) is 3.96. The van der Waals surface area contributed by atoms with Crippen LogP contribution in [0.5, 0.6) is 0 Å². The summed E-state index contributed by atoms with van der Waals surface area (Å²) >= 11 is 0. The van der Waals surface area contributed by atoms with Crippen molar-refractivity contribution < 1.29 is 9.13 Å². The number of alkyl halides is 1. The smallest absolute Gasteiger partial charge is 0.187 e. The lowest BCUT2D eigenvalue weighted by Crippen LogP contribution is -2.50. The van der Waals surface area contributed by atoms with E-state index in [4.69, 9.17) is 4.74 Å². The molecule has 0 aromatic rings. The van der Waals surface area contributed by atoms with E-state index < -0.39 is 5.79 Å². The molecule has 0 aromatic carbocycles. The van der Waals surface area contributed by atoms with Crippen LogP contribution in [0.15, 0.2) is 0 Å². The van der Waals surface area contributed by atoms with Gasteiger partial charge in [0.1, 0.15) is 0 Å². The average molecular weight is 189 g/mol. The molecule has 0 radical (unpaired) electrons. The van der Waals surface area contributed by atoms with Crippen molar-refractivity contribution in [2.24, 2.45) is 0 Å². The molecule has 1 atom stereocenters. The van der Waals surface area contributed by atoms with E-state index in [-0.39, 0.29) is 12.6 Å². The normalized spacial score (nSPS) is 32.1. The van der Waals surface area contributed by atoms with Crippen LogP contribution in [0.4, 0.5) is 4.39 Å². The van der Waals surface area contributed by atoms with Crippen molar-refractivity contribution in [3.63, 3.8) is 0 Å². The molecular weight excluding hydrogens is 169 g/mol. The van der Waals surface area contributed by atoms with Gasteiger partial charge in [0, 0.05) is 19.2 Å². The molecule has 1 unspecified atom stereocenters. The number of nitrogens with zero attached hydrogens (tertiary/aromatic N) is 1. The summed E-state index contributed by atoms with van der Waals surface area (Å²) in [7, 11) is 0. The third-order valence-electron chi connectivity index (χ3n) is 2.69. The van der Waals surface area contributed by atoms with Crippen LogP contribution in [0.3, 0.4) is 0 Å². The first kappa shape index (κ1) is 10.9. The van der Waals surface area contributed by atoms with Crippen molar-refractivity contribution in [3.05, 3.63) is 0 Å². The number of rotatable bonds is 2. The fourth-order valence-electron chi connectivity index (χ4n) is 1.87. The molecule has 2 nitrogen and oxygen atoms in total. The van der Waals surface area contributed by atoms with Gasteiger partial charge in [0.05, 0.1) is 6.61 Å². The minimum Gasteiger partial charge on any atom is -0.377 e. The summed E-state index contributed by atoms with van der Waals surface area (Å²) in [6.07, 6.45) is 1.44. The van der Waals surface area contributed by atoms with Crippen molar-refractivity contribution in [3.8, 4) is 0 Å². The Bertz CT molecular complexity index is 163. The molecule has 0 spiro atoms. The summed E-state index contributed by atoms with van der Waals surface area (Å²) in [6, 6.07) is 0.256. The van der Waals surface area contributed by atoms with Crippen molar-refractivity contribution in [1.29, 1.82) is 0 Å². The summed E-state index contributed by atoms with van der Waals surface area (Å²) in [4.78, 5) is 1.92.